The zero-order valence-electron chi connectivity index (χ0n) is 21.7. The maximum atomic E-state index is 13.3. The molecule has 1 fully saturated rings. The zero-order chi connectivity index (χ0) is 28.1. The average molecular weight is 546 g/mol. The molecule has 1 aliphatic heterocycles. The number of halogens is 6. The van der Waals surface area contributed by atoms with Gasteiger partial charge in [-0.25, -0.2) is 4.79 Å². The molecule has 3 rings (SSSR count). The van der Waals surface area contributed by atoms with Gasteiger partial charge in [0.1, 0.15) is 0 Å². The topological polar surface area (TPSA) is 44.8 Å². The predicted molar refractivity (Wildman–Crippen MR) is 133 cm³/mol. The number of nitrogens with zero attached hydrogens (tertiary/aromatic N) is 2. The average Bonchev–Trinajstić information content (AvgIpc) is 2.82. The molecule has 2 aromatic rings. The molecule has 0 radical (unpaired) electrons. The third kappa shape index (κ3) is 8.62. The Morgan fingerprint density at radius 1 is 0.895 bits per heavy atom. The standard InChI is InChI=1S/C27H33F6N3O2/c1-25(2,3)20-7-5-19(6-8-20)18-36(10-4-9-35-11-13-38-14-12-35)24(37)34-23-16-21(26(28,29)30)15-22(17-23)27(31,32)33/h5-8,15-17H,4,9-14,18H2,1-3H3,(H,34,37). The fraction of sp³-hybridized carbons (Fsp3) is 0.519. The number of urea groups is 1. The van der Waals surface area contributed by atoms with E-state index in [0.717, 1.165) is 24.2 Å². The molecule has 0 bridgehead atoms. The van der Waals surface area contributed by atoms with Gasteiger partial charge in [0, 0.05) is 38.4 Å². The van der Waals surface area contributed by atoms with E-state index in [2.05, 4.69) is 31.0 Å². The number of hydrogen-bond donors (Lipinski definition) is 1. The number of alkyl halides is 6. The highest BCUT2D eigenvalue weighted by Gasteiger charge is 2.37. The lowest BCUT2D eigenvalue weighted by atomic mass is 9.87. The molecule has 1 aliphatic rings. The van der Waals surface area contributed by atoms with E-state index in [1.807, 2.05) is 24.3 Å². The van der Waals surface area contributed by atoms with Gasteiger partial charge in [-0.05, 0) is 41.2 Å². The van der Waals surface area contributed by atoms with Crippen LogP contribution in [0.4, 0.5) is 36.8 Å². The maximum Gasteiger partial charge on any atom is 0.416 e. The van der Waals surface area contributed by atoms with Crippen molar-refractivity contribution in [3.8, 4) is 0 Å². The smallest absolute Gasteiger partial charge is 0.379 e. The third-order valence-electron chi connectivity index (χ3n) is 6.33. The second-order valence-corrected chi connectivity index (χ2v) is 10.4. The Hall–Kier alpha value is -2.79. The van der Waals surface area contributed by atoms with E-state index < -0.39 is 35.2 Å². The van der Waals surface area contributed by atoms with E-state index >= 15 is 0 Å². The van der Waals surface area contributed by atoms with E-state index in [-0.39, 0.29) is 24.6 Å². The van der Waals surface area contributed by atoms with Crippen LogP contribution >= 0.6 is 0 Å². The maximum absolute atomic E-state index is 13.3. The molecule has 11 heteroatoms. The number of benzene rings is 2. The third-order valence-corrected chi connectivity index (χ3v) is 6.33. The van der Waals surface area contributed by atoms with Gasteiger partial charge in [-0.2, -0.15) is 26.3 Å². The van der Waals surface area contributed by atoms with Crippen LogP contribution in [0.1, 0.15) is 49.4 Å². The van der Waals surface area contributed by atoms with Crippen LogP contribution in [0, 0.1) is 0 Å². The number of rotatable bonds is 7. The van der Waals surface area contributed by atoms with Crippen molar-refractivity contribution in [2.24, 2.45) is 0 Å². The number of ether oxygens (including phenoxy) is 1. The number of nitrogens with one attached hydrogen (secondary N) is 1. The Morgan fingerprint density at radius 3 is 1.95 bits per heavy atom. The fourth-order valence-electron chi connectivity index (χ4n) is 4.12. The summed E-state index contributed by atoms with van der Waals surface area (Å²) in [4.78, 5) is 16.7. The molecule has 0 unspecified atom stereocenters. The van der Waals surface area contributed by atoms with Gasteiger partial charge in [-0.1, -0.05) is 45.0 Å². The second-order valence-electron chi connectivity index (χ2n) is 10.4. The van der Waals surface area contributed by atoms with Crippen LogP contribution in [-0.2, 0) is 29.0 Å². The highest BCUT2D eigenvalue weighted by molar-refractivity contribution is 5.89. The van der Waals surface area contributed by atoms with Crippen LogP contribution < -0.4 is 5.32 Å². The number of hydrogen-bond acceptors (Lipinski definition) is 3. The SMILES string of the molecule is CC(C)(C)c1ccc(CN(CCCN2CCOCC2)C(=O)Nc2cc(C(F)(F)F)cc(C(F)(F)F)c2)cc1. The van der Waals surface area contributed by atoms with E-state index in [1.54, 1.807) is 0 Å². The van der Waals surface area contributed by atoms with Crippen molar-refractivity contribution in [2.45, 2.75) is 51.5 Å². The molecule has 210 valence electrons. The van der Waals surface area contributed by atoms with E-state index in [9.17, 15) is 31.1 Å². The summed E-state index contributed by atoms with van der Waals surface area (Å²) in [6, 6.07) is 7.91. The van der Waals surface area contributed by atoms with Crippen molar-refractivity contribution >= 4 is 11.7 Å². The van der Waals surface area contributed by atoms with Crippen molar-refractivity contribution in [1.29, 1.82) is 0 Å². The summed E-state index contributed by atoms with van der Waals surface area (Å²) in [6.07, 6.45) is -9.44. The molecule has 1 heterocycles. The molecule has 2 aromatic carbocycles. The van der Waals surface area contributed by atoms with Gasteiger partial charge in [0.15, 0.2) is 0 Å². The Labute approximate surface area is 218 Å². The van der Waals surface area contributed by atoms with Crippen molar-refractivity contribution in [2.75, 3.05) is 44.7 Å². The largest absolute Gasteiger partial charge is 0.416 e. The van der Waals surface area contributed by atoms with E-state index in [0.29, 0.717) is 38.3 Å². The molecule has 0 aromatic heterocycles. The molecule has 2 amide bonds. The summed E-state index contributed by atoms with van der Waals surface area (Å²) in [5.74, 6) is 0. The number of carbonyl (C=O) groups is 1. The second kappa shape index (κ2) is 11.9. The fourth-order valence-corrected chi connectivity index (χ4v) is 4.12. The Balaban J connectivity index is 1.81. The van der Waals surface area contributed by atoms with Crippen LogP contribution in [0.3, 0.4) is 0 Å². The zero-order valence-corrected chi connectivity index (χ0v) is 21.7. The molecule has 38 heavy (non-hydrogen) atoms. The van der Waals surface area contributed by atoms with Gasteiger partial charge in [0.25, 0.3) is 0 Å². The van der Waals surface area contributed by atoms with Crippen molar-refractivity contribution in [1.82, 2.24) is 9.80 Å². The quantitative estimate of drug-likeness (QED) is 0.390. The molecular weight excluding hydrogens is 512 g/mol. The first-order valence-corrected chi connectivity index (χ1v) is 12.4. The van der Waals surface area contributed by atoms with Crippen LogP contribution in [0.25, 0.3) is 0 Å². The first kappa shape index (κ1) is 29.8. The highest BCUT2D eigenvalue weighted by Crippen LogP contribution is 2.37. The monoisotopic (exact) mass is 545 g/mol. The van der Waals surface area contributed by atoms with Crippen molar-refractivity contribution in [3.63, 3.8) is 0 Å². The van der Waals surface area contributed by atoms with Gasteiger partial charge in [-0.15, -0.1) is 0 Å². The summed E-state index contributed by atoms with van der Waals surface area (Å²) in [7, 11) is 0. The lowest BCUT2D eigenvalue weighted by Crippen LogP contribution is -2.40. The van der Waals surface area contributed by atoms with E-state index in [4.69, 9.17) is 4.74 Å². The normalized spacial score (nSPS) is 15.4. The summed E-state index contributed by atoms with van der Waals surface area (Å²) < 4.78 is 85.0. The van der Waals surface area contributed by atoms with Gasteiger partial charge >= 0.3 is 18.4 Å². The lowest BCUT2D eigenvalue weighted by Gasteiger charge is -2.29. The molecule has 5 nitrogen and oxygen atoms in total. The predicted octanol–water partition coefficient (Wildman–Crippen LogP) is 6.78. The van der Waals surface area contributed by atoms with Crippen LogP contribution in [0.15, 0.2) is 42.5 Å². The molecule has 0 spiro atoms. The Kier molecular flexibility index (Phi) is 9.35. The van der Waals surface area contributed by atoms with Crippen LogP contribution in [-0.4, -0.2) is 55.2 Å². The summed E-state index contributed by atoms with van der Waals surface area (Å²) in [5.41, 5.74) is -1.74. The minimum atomic E-state index is -5.01. The number of amides is 2. The molecule has 1 saturated heterocycles. The van der Waals surface area contributed by atoms with Crippen molar-refractivity contribution in [3.05, 3.63) is 64.7 Å². The van der Waals surface area contributed by atoms with Crippen LogP contribution in [0.2, 0.25) is 0 Å². The first-order valence-electron chi connectivity index (χ1n) is 12.4. The van der Waals surface area contributed by atoms with Gasteiger partial charge in [0.05, 0.1) is 24.3 Å². The number of carbonyl (C=O) groups excluding carboxylic acids is 1. The molecule has 1 N–H and O–H groups in total. The number of anilines is 1. The molecular formula is C27H33F6N3O2. The Bertz CT molecular complexity index is 1040. The minimum absolute atomic E-state index is 0.0343. The summed E-state index contributed by atoms with van der Waals surface area (Å²) >= 11 is 0. The Morgan fingerprint density at radius 2 is 1.45 bits per heavy atom. The van der Waals surface area contributed by atoms with Crippen molar-refractivity contribution < 1.29 is 35.9 Å². The van der Waals surface area contributed by atoms with Gasteiger partial charge < -0.3 is 15.0 Å². The van der Waals surface area contributed by atoms with Crippen LogP contribution in [0.5, 0.6) is 0 Å². The lowest BCUT2D eigenvalue weighted by molar-refractivity contribution is -0.143. The molecule has 0 aliphatic carbocycles. The highest BCUT2D eigenvalue weighted by atomic mass is 19.4. The summed E-state index contributed by atoms with van der Waals surface area (Å²) in [6.45, 7) is 10.0. The summed E-state index contributed by atoms with van der Waals surface area (Å²) in [5, 5.41) is 2.26. The number of morpholine rings is 1. The molecule has 0 atom stereocenters. The van der Waals surface area contributed by atoms with Gasteiger partial charge in [0.2, 0.25) is 0 Å². The van der Waals surface area contributed by atoms with E-state index in [1.165, 1.54) is 4.90 Å². The molecule has 0 saturated carbocycles. The first-order chi connectivity index (χ1) is 17.6. The van der Waals surface area contributed by atoms with Gasteiger partial charge in [-0.3, -0.25) is 4.90 Å². The minimum Gasteiger partial charge on any atom is -0.379 e.